The lowest BCUT2D eigenvalue weighted by atomic mass is 9.77. The van der Waals surface area contributed by atoms with E-state index in [0.29, 0.717) is 77.6 Å². The summed E-state index contributed by atoms with van der Waals surface area (Å²) in [5.74, 6) is 1.02. The molecule has 2 aliphatic heterocycles. The number of piperidine rings is 1. The number of aryl methyl sites for hydroxylation is 1. The maximum atomic E-state index is 14.0. The van der Waals surface area contributed by atoms with E-state index in [0.717, 1.165) is 25.9 Å². The quantitative estimate of drug-likeness (QED) is 0.369. The van der Waals surface area contributed by atoms with Crippen molar-refractivity contribution < 1.29 is 18.8 Å². The van der Waals surface area contributed by atoms with Gasteiger partial charge in [0, 0.05) is 61.7 Å². The smallest absolute Gasteiger partial charge is 0.259 e. The van der Waals surface area contributed by atoms with Gasteiger partial charge >= 0.3 is 0 Å². The Balaban J connectivity index is 1.40. The molecule has 0 radical (unpaired) electrons. The number of hydrogen-bond donors (Lipinski definition) is 0. The SMILES string of the molecule is Cc1onc(-c2ccccc2Cl)c1C(=O)N1CCC[C@](COc2ccc(Cl)cc2)(CC(=O)N2CCN(C)CC2)C1. The van der Waals surface area contributed by atoms with E-state index in [1.54, 1.807) is 25.1 Å². The standard InChI is InChI=1S/C30H34Cl2N4O4/c1-21-27(28(33-40-21)24-6-3-4-7-25(24)32)29(38)36-13-5-12-30(19-36,20-39-23-10-8-22(31)9-11-23)18-26(37)35-16-14-34(2)15-17-35/h3-4,6-11H,5,12-20H2,1-2H3/t30-/m0/s1. The summed E-state index contributed by atoms with van der Waals surface area (Å²) >= 11 is 12.5. The molecule has 0 N–H and O–H groups in total. The maximum absolute atomic E-state index is 14.0. The van der Waals surface area contributed by atoms with Crippen LogP contribution in [0.1, 0.15) is 35.4 Å². The van der Waals surface area contributed by atoms with Crippen LogP contribution in [-0.4, -0.2) is 84.6 Å². The summed E-state index contributed by atoms with van der Waals surface area (Å²) in [6.45, 7) is 6.09. The van der Waals surface area contributed by atoms with Crippen LogP contribution in [0.4, 0.5) is 0 Å². The van der Waals surface area contributed by atoms with Crippen molar-refractivity contribution in [2.75, 3.05) is 52.9 Å². The van der Waals surface area contributed by atoms with E-state index in [2.05, 4.69) is 17.1 Å². The molecule has 5 rings (SSSR count). The van der Waals surface area contributed by atoms with Crippen LogP contribution in [0.5, 0.6) is 5.75 Å². The van der Waals surface area contributed by atoms with Crippen LogP contribution in [0.2, 0.25) is 10.0 Å². The van der Waals surface area contributed by atoms with E-state index in [1.807, 2.05) is 40.1 Å². The van der Waals surface area contributed by atoms with Gasteiger partial charge in [-0.2, -0.15) is 0 Å². The number of halogens is 2. The highest BCUT2D eigenvalue weighted by Gasteiger charge is 2.42. The van der Waals surface area contributed by atoms with Gasteiger partial charge in [-0.1, -0.05) is 46.6 Å². The fraction of sp³-hybridized carbons (Fsp3) is 0.433. The molecule has 3 heterocycles. The first kappa shape index (κ1) is 28.5. The molecule has 1 atom stereocenters. The van der Waals surface area contributed by atoms with Gasteiger partial charge in [-0.15, -0.1) is 0 Å². The monoisotopic (exact) mass is 584 g/mol. The summed E-state index contributed by atoms with van der Waals surface area (Å²) in [5, 5.41) is 5.31. The topological polar surface area (TPSA) is 79.1 Å². The molecule has 10 heteroatoms. The van der Waals surface area contributed by atoms with Gasteiger partial charge < -0.3 is 24.0 Å². The average Bonchev–Trinajstić information content (AvgIpc) is 3.34. The van der Waals surface area contributed by atoms with Gasteiger partial charge in [0.05, 0.1) is 11.6 Å². The lowest BCUT2D eigenvalue weighted by Crippen LogP contribution is -2.53. The summed E-state index contributed by atoms with van der Waals surface area (Å²) in [7, 11) is 2.07. The Labute approximate surface area is 244 Å². The van der Waals surface area contributed by atoms with E-state index >= 15 is 0 Å². The number of ether oxygens (including phenoxy) is 1. The molecule has 0 bridgehead atoms. The summed E-state index contributed by atoms with van der Waals surface area (Å²) < 4.78 is 11.7. The molecule has 2 fully saturated rings. The second-order valence-corrected chi connectivity index (χ2v) is 11.7. The fourth-order valence-electron chi connectivity index (χ4n) is 5.57. The summed E-state index contributed by atoms with van der Waals surface area (Å²) in [6, 6.07) is 14.5. The highest BCUT2D eigenvalue weighted by Crippen LogP contribution is 2.38. The van der Waals surface area contributed by atoms with Crippen molar-refractivity contribution in [3.8, 4) is 17.0 Å². The second kappa shape index (κ2) is 12.2. The lowest BCUT2D eigenvalue weighted by Gasteiger charge is -2.43. The average molecular weight is 586 g/mol. The van der Waals surface area contributed by atoms with Gasteiger partial charge in [0.1, 0.15) is 22.8 Å². The van der Waals surface area contributed by atoms with Gasteiger partial charge in [0.15, 0.2) is 0 Å². The van der Waals surface area contributed by atoms with Crippen LogP contribution in [0.3, 0.4) is 0 Å². The fourth-order valence-corrected chi connectivity index (χ4v) is 5.92. The molecule has 3 aromatic rings. The Morgan fingerprint density at radius 2 is 1.73 bits per heavy atom. The molecular weight excluding hydrogens is 551 g/mol. The molecule has 8 nitrogen and oxygen atoms in total. The Hall–Kier alpha value is -3.07. The summed E-state index contributed by atoms with van der Waals surface area (Å²) in [4.78, 5) is 33.6. The molecule has 40 heavy (non-hydrogen) atoms. The van der Waals surface area contributed by atoms with Crippen LogP contribution in [0.15, 0.2) is 53.1 Å². The first-order chi connectivity index (χ1) is 19.2. The predicted octanol–water partition coefficient (Wildman–Crippen LogP) is 5.42. The Kier molecular flexibility index (Phi) is 8.68. The van der Waals surface area contributed by atoms with Crippen molar-refractivity contribution >= 4 is 35.0 Å². The molecule has 2 amide bonds. The van der Waals surface area contributed by atoms with Gasteiger partial charge in [-0.3, -0.25) is 9.59 Å². The number of hydrogen-bond acceptors (Lipinski definition) is 6. The number of benzene rings is 2. The van der Waals surface area contributed by atoms with Crippen LogP contribution in [0, 0.1) is 12.3 Å². The number of piperazine rings is 1. The zero-order valence-corrected chi connectivity index (χ0v) is 24.4. The normalized spacial score (nSPS) is 20.0. The van der Waals surface area contributed by atoms with Crippen molar-refractivity contribution in [3.05, 3.63) is 69.9 Å². The number of amides is 2. The number of nitrogens with zero attached hydrogens (tertiary/aromatic N) is 4. The molecule has 0 unspecified atom stereocenters. The zero-order valence-electron chi connectivity index (χ0n) is 22.9. The van der Waals surface area contributed by atoms with E-state index in [-0.39, 0.29) is 11.8 Å². The highest BCUT2D eigenvalue weighted by atomic mass is 35.5. The number of likely N-dealkylation sites (N-methyl/N-ethyl adjacent to an activating group) is 1. The van der Waals surface area contributed by atoms with Crippen LogP contribution < -0.4 is 4.74 Å². The van der Waals surface area contributed by atoms with E-state index in [1.165, 1.54) is 0 Å². The largest absolute Gasteiger partial charge is 0.493 e. The van der Waals surface area contributed by atoms with Crippen LogP contribution in [-0.2, 0) is 4.79 Å². The predicted molar refractivity (Wildman–Crippen MR) is 155 cm³/mol. The number of likely N-dealkylation sites (tertiary alicyclic amines) is 1. The van der Waals surface area contributed by atoms with Crippen molar-refractivity contribution in [2.24, 2.45) is 5.41 Å². The highest BCUT2D eigenvalue weighted by molar-refractivity contribution is 6.33. The maximum Gasteiger partial charge on any atom is 0.259 e. The van der Waals surface area contributed by atoms with Crippen LogP contribution >= 0.6 is 23.2 Å². The van der Waals surface area contributed by atoms with Gasteiger partial charge in [0.25, 0.3) is 5.91 Å². The molecule has 212 valence electrons. The first-order valence-corrected chi connectivity index (χ1v) is 14.4. The van der Waals surface area contributed by atoms with E-state index in [4.69, 9.17) is 32.5 Å². The minimum absolute atomic E-state index is 0.0972. The van der Waals surface area contributed by atoms with Crippen molar-refractivity contribution in [1.29, 1.82) is 0 Å². The summed E-state index contributed by atoms with van der Waals surface area (Å²) in [5.41, 5.74) is 0.913. The first-order valence-electron chi connectivity index (χ1n) is 13.6. The van der Waals surface area contributed by atoms with Crippen molar-refractivity contribution in [1.82, 2.24) is 19.9 Å². The van der Waals surface area contributed by atoms with E-state index in [9.17, 15) is 9.59 Å². The number of carbonyl (C=O) groups is 2. The lowest BCUT2D eigenvalue weighted by molar-refractivity contribution is -0.137. The molecule has 0 aliphatic carbocycles. The molecule has 0 spiro atoms. The third-order valence-electron chi connectivity index (χ3n) is 7.90. The van der Waals surface area contributed by atoms with Crippen molar-refractivity contribution in [2.45, 2.75) is 26.2 Å². The molecule has 0 saturated carbocycles. The Bertz CT molecular complexity index is 1350. The number of rotatable bonds is 7. The number of aromatic nitrogens is 1. The van der Waals surface area contributed by atoms with Gasteiger partial charge in [0.2, 0.25) is 5.91 Å². The van der Waals surface area contributed by atoms with Gasteiger partial charge in [-0.25, -0.2) is 0 Å². The Morgan fingerprint density at radius 1 is 1.00 bits per heavy atom. The molecule has 1 aromatic heterocycles. The minimum Gasteiger partial charge on any atom is -0.493 e. The third kappa shape index (κ3) is 6.29. The third-order valence-corrected chi connectivity index (χ3v) is 8.48. The zero-order chi connectivity index (χ0) is 28.3. The van der Waals surface area contributed by atoms with E-state index < -0.39 is 5.41 Å². The van der Waals surface area contributed by atoms with Crippen molar-refractivity contribution in [3.63, 3.8) is 0 Å². The second-order valence-electron chi connectivity index (χ2n) is 10.9. The van der Waals surface area contributed by atoms with Crippen LogP contribution in [0.25, 0.3) is 11.3 Å². The summed E-state index contributed by atoms with van der Waals surface area (Å²) in [6.07, 6.45) is 1.81. The molecular formula is C30H34Cl2N4O4. The Morgan fingerprint density at radius 3 is 2.45 bits per heavy atom. The molecule has 2 aromatic carbocycles. The molecule has 2 saturated heterocycles. The number of carbonyl (C=O) groups excluding carboxylic acids is 2. The van der Waals surface area contributed by atoms with Gasteiger partial charge in [-0.05, 0) is 57.1 Å². The minimum atomic E-state index is -0.552. The molecule has 2 aliphatic rings.